The molecule has 0 bridgehead atoms. The minimum atomic E-state index is 0.224. The van der Waals surface area contributed by atoms with Gasteiger partial charge in [-0.2, -0.15) is 0 Å². The largest absolute Gasteiger partial charge is 0.504 e. The molecule has 2 heteroatoms. The van der Waals surface area contributed by atoms with Crippen molar-refractivity contribution in [3.05, 3.63) is 35.9 Å². The van der Waals surface area contributed by atoms with E-state index in [1.54, 1.807) is 13.2 Å². The number of benzene rings is 1. The lowest BCUT2D eigenvalue weighted by Crippen LogP contribution is -1.98. The Labute approximate surface area is 97.6 Å². The lowest BCUT2D eigenvalue weighted by molar-refractivity contribution is 0.368. The minimum Gasteiger partial charge on any atom is -0.504 e. The molecular formula is C14H20O2. The molecule has 1 N–H and O–H groups in total. The van der Waals surface area contributed by atoms with Gasteiger partial charge in [0.05, 0.1) is 7.11 Å². The first kappa shape index (κ1) is 12.6. The van der Waals surface area contributed by atoms with Crippen molar-refractivity contribution in [1.29, 1.82) is 0 Å². The Morgan fingerprint density at radius 2 is 2.19 bits per heavy atom. The highest BCUT2D eigenvalue weighted by Crippen LogP contribution is 2.33. The first-order valence-electron chi connectivity index (χ1n) is 5.73. The van der Waals surface area contributed by atoms with E-state index in [0.717, 1.165) is 31.2 Å². The summed E-state index contributed by atoms with van der Waals surface area (Å²) in [6, 6.07) is 3.64. The SMILES string of the molecule is C=CCc1ccc(O)c(OC)c1CCCC. The van der Waals surface area contributed by atoms with Gasteiger partial charge in [0.25, 0.3) is 0 Å². The number of rotatable bonds is 6. The van der Waals surface area contributed by atoms with Gasteiger partial charge in [-0.05, 0) is 30.9 Å². The summed E-state index contributed by atoms with van der Waals surface area (Å²) >= 11 is 0. The van der Waals surface area contributed by atoms with Crippen LogP contribution in [0, 0.1) is 0 Å². The van der Waals surface area contributed by atoms with E-state index in [0.29, 0.717) is 5.75 Å². The molecule has 0 saturated heterocycles. The third-order valence-corrected chi connectivity index (χ3v) is 2.69. The minimum absolute atomic E-state index is 0.224. The maximum atomic E-state index is 9.73. The number of aromatic hydroxyl groups is 1. The Hall–Kier alpha value is -1.44. The Bertz CT molecular complexity index is 356. The number of unbranched alkanes of at least 4 members (excludes halogenated alkanes) is 1. The molecule has 1 aromatic carbocycles. The molecule has 0 aliphatic carbocycles. The topological polar surface area (TPSA) is 29.5 Å². The van der Waals surface area contributed by atoms with Gasteiger partial charge in [0.15, 0.2) is 11.5 Å². The molecule has 0 amide bonds. The molecular weight excluding hydrogens is 200 g/mol. The predicted octanol–water partition coefficient (Wildman–Crippen LogP) is 3.47. The first-order chi connectivity index (χ1) is 7.74. The fourth-order valence-corrected chi connectivity index (χ4v) is 1.86. The zero-order valence-corrected chi connectivity index (χ0v) is 10.1. The standard InChI is InChI=1S/C14H20O2/c1-4-6-8-12-11(7-5-2)9-10-13(15)14(12)16-3/h5,9-10,15H,2,4,6-8H2,1,3H3. The number of phenolic OH excluding ortho intramolecular Hbond substituents is 1. The van der Waals surface area contributed by atoms with Crippen LogP contribution in [0.4, 0.5) is 0 Å². The van der Waals surface area contributed by atoms with Crippen molar-refractivity contribution in [2.24, 2.45) is 0 Å². The summed E-state index contributed by atoms with van der Waals surface area (Å²) in [6.45, 7) is 5.91. The summed E-state index contributed by atoms with van der Waals surface area (Å²) in [7, 11) is 1.60. The van der Waals surface area contributed by atoms with Crippen LogP contribution < -0.4 is 4.74 Å². The van der Waals surface area contributed by atoms with Gasteiger partial charge in [-0.15, -0.1) is 6.58 Å². The molecule has 0 unspecified atom stereocenters. The molecule has 0 fully saturated rings. The van der Waals surface area contributed by atoms with Crippen LogP contribution >= 0.6 is 0 Å². The quantitative estimate of drug-likeness (QED) is 0.744. The molecule has 0 atom stereocenters. The van der Waals surface area contributed by atoms with E-state index in [4.69, 9.17) is 4.74 Å². The highest BCUT2D eigenvalue weighted by Gasteiger charge is 2.12. The number of phenols is 1. The monoisotopic (exact) mass is 220 g/mol. The second kappa shape index (κ2) is 6.21. The zero-order valence-electron chi connectivity index (χ0n) is 10.1. The molecule has 2 nitrogen and oxygen atoms in total. The van der Waals surface area contributed by atoms with Crippen LogP contribution in [0.15, 0.2) is 24.8 Å². The van der Waals surface area contributed by atoms with E-state index in [9.17, 15) is 5.11 Å². The molecule has 0 spiro atoms. The van der Waals surface area contributed by atoms with Crippen LogP contribution in [0.5, 0.6) is 11.5 Å². The van der Waals surface area contributed by atoms with E-state index in [1.165, 1.54) is 5.56 Å². The number of ether oxygens (including phenoxy) is 1. The first-order valence-corrected chi connectivity index (χ1v) is 5.73. The van der Waals surface area contributed by atoms with Crippen LogP contribution in [0.1, 0.15) is 30.9 Å². The highest BCUT2D eigenvalue weighted by molar-refractivity contribution is 5.50. The van der Waals surface area contributed by atoms with Gasteiger partial charge in [-0.25, -0.2) is 0 Å². The number of hydrogen-bond acceptors (Lipinski definition) is 2. The van der Waals surface area contributed by atoms with Crippen LogP contribution in [0.3, 0.4) is 0 Å². The van der Waals surface area contributed by atoms with Crippen LogP contribution in [0.25, 0.3) is 0 Å². The maximum absolute atomic E-state index is 9.73. The van der Waals surface area contributed by atoms with Crippen molar-refractivity contribution in [2.75, 3.05) is 7.11 Å². The summed E-state index contributed by atoms with van der Waals surface area (Å²) in [5.74, 6) is 0.842. The van der Waals surface area contributed by atoms with E-state index in [2.05, 4.69) is 13.5 Å². The molecule has 1 aromatic rings. The third-order valence-electron chi connectivity index (χ3n) is 2.69. The van der Waals surface area contributed by atoms with Gasteiger partial charge in [0.1, 0.15) is 0 Å². The van der Waals surface area contributed by atoms with Gasteiger partial charge in [0.2, 0.25) is 0 Å². The molecule has 16 heavy (non-hydrogen) atoms. The van der Waals surface area contributed by atoms with Crippen LogP contribution in [0.2, 0.25) is 0 Å². The summed E-state index contributed by atoms with van der Waals surface area (Å²) < 4.78 is 5.28. The van der Waals surface area contributed by atoms with E-state index >= 15 is 0 Å². The van der Waals surface area contributed by atoms with Crippen molar-refractivity contribution in [2.45, 2.75) is 32.6 Å². The smallest absolute Gasteiger partial charge is 0.163 e. The Balaban J connectivity index is 3.12. The Morgan fingerprint density at radius 3 is 2.75 bits per heavy atom. The van der Waals surface area contributed by atoms with E-state index < -0.39 is 0 Å². The van der Waals surface area contributed by atoms with Gasteiger partial charge in [0, 0.05) is 5.56 Å². The van der Waals surface area contributed by atoms with Crippen LogP contribution in [-0.2, 0) is 12.8 Å². The molecule has 0 aliphatic rings. The second-order valence-electron chi connectivity index (χ2n) is 3.85. The molecule has 1 rings (SSSR count). The number of hydrogen-bond donors (Lipinski definition) is 1. The maximum Gasteiger partial charge on any atom is 0.163 e. The van der Waals surface area contributed by atoms with Gasteiger partial charge >= 0.3 is 0 Å². The molecule has 0 heterocycles. The molecule has 0 aromatic heterocycles. The van der Waals surface area contributed by atoms with Crippen molar-refractivity contribution >= 4 is 0 Å². The van der Waals surface area contributed by atoms with E-state index in [-0.39, 0.29) is 5.75 Å². The Morgan fingerprint density at radius 1 is 1.44 bits per heavy atom. The molecule has 0 radical (unpaired) electrons. The van der Waals surface area contributed by atoms with Crippen molar-refractivity contribution in [1.82, 2.24) is 0 Å². The number of allylic oxidation sites excluding steroid dienone is 1. The van der Waals surface area contributed by atoms with Crippen molar-refractivity contribution in [3.8, 4) is 11.5 Å². The molecule has 88 valence electrons. The van der Waals surface area contributed by atoms with Gasteiger partial charge < -0.3 is 9.84 Å². The van der Waals surface area contributed by atoms with Crippen molar-refractivity contribution < 1.29 is 9.84 Å². The zero-order chi connectivity index (χ0) is 12.0. The van der Waals surface area contributed by atoms with Crippen LogP contribution in [-0.4, -0.2) is 12.2 Å². The predicted molar refractivity (Wildman–Crippen MR) is 67.2 cm³/mol. The van der Waals surface area contributed by atoms with Gasteiger partial charge in [-0.3, -0.25) is 0 Å². The lowest BCUT2D eigenvalue weighted by Gasteiger charge is -2.14. The second-order valence-corrected chi connectivity index (χ2v) is 3.85. The summed E-state index contributed by atoms with van der Waals surface area (Å²) in [5, 5.41) is 9.73. The Kier molecular flexibility index (Phi) is 4.90. The molecule has 0 saturated carbocycles. The average molecular weight is 220 g/mol. The molecule has 0 aliphatic heterocycles. The van der Waals surface area contributed by atoms with E-state index in [1.807, 2.05) is 12.1 Å². The normalized spacial score (nSPS) is 10.1. The average Bonchev–Trinajstić information content (AvgIpc) is 2.29. The fourth-order valence-electron chi connectivity index (χ4n) is 1.86. The summed E-state index contributed by atoms with van der Waals surface area (Å²) in [6.07, 6.45) is 5.87. The summed E-state index contributed by atoms with van der Waals surface area (Å²) in [4.78, 5) is 0. The lowest BCUT2D eigenvalue weighted by atomic mass is 9.98. The fraction of sp³-hybridized carbons (Fsp3) is 0.429. The van der Waals surface area contributed by atoms with Crippen molar-refractivity contribution in [3.63, 3.8) is 0 Å². The number of methoxy groups -OCH3 is 1. The van der Waals surface area contributed by atoms with Gasteiger partial charge in [-0.1, -0.05) is 25.5 Å². The highest BCUT2D eigenvalue weighted by atomic mass is 16.5. The summed E-state index contributed by atoms with van der Waals surface area (Å²) in [5.41, 5.74) is 2.31. The third kappa shape index (κ3) is 2.78.